The van der Waals surface area contributed by atoms with Gasteiger partial charge in [-0.15, -0.1) is 21.5 Å². The van der Waals surface area contributed by atoms with Crippen LogP contribution in [0, 0.1) is 0 Å². The predicted molar refractivity (Wildman–Crippen MR) is 104 cm³/mol. The fraction of sp³-hybridized carbons (Fsp3) is 0.312. The molecule has 0 aliphatic rings. The van der Waals surface area contributed by atoms with E-state index in [4.69, 9.17) is 14.5 Å². The van der Waals surface area contributed by atoms with Crippen LogP contribution >= 0.6 is 34.4 Å². The molecule has 0 saturated carbocycles. The number of benzene rings is 1. The van der Waals surface area contributed by atoms with E-state index in [1.54, 1.807) is 48.7 Å². The Kier molecular flexibility index (Phi) is 6.62. The third kappa shape index (κ3) is 5.15. The molecule has 0 fully saturated rings. The highest BCUT2D eigenvalue weighted by atomic mass is 32.2. The molecule has 6 nitrogen and oxygen atoms in total. The quantitative estimate of drug-likeness (QED) is 0.434. The van der Waals surface area contributed by atoms with Crippen molar-refractivity contribution in [3.05, 3.63) is 35.3 Å². The highest BCUT2D eigenvalue weighted by molar-refractivity contribution is 8.00. The van der Waals surface area contributed by atoms with Gasteiger partial charge in [-0.2, -0.15) is 0 Å². The highest BCUT2D eigenvalue weighted by Gasteiger charge is 2.09. The lowest BCUT2D eigenvalue weighted by Crippen LogP contribution is -2.06. The molecule has 3 aromatic rings. The Balaban J connectivity index is 1.56. The van der Waals surface area contributed by atoms with Crippen LogP contribution in [-0.2, 0) is 10.5 Å². The van der Waals surface area contributed by atoms with Gasteiger partial charge >= 0.3 is 0 Å². The summed E-state index contributed by atoms with van der Waals surface area (Å²) in [5, 5.41) is 15.4. The largest absolute Gasteiger partial charge is 0.497 e. The molecule has 1 N–H and O–H groups in total. The van der Waals surface area contributed by atoms with Gasteiger partial charge in [0.25, 0.3) is 0 Å². The number of rotatable bonds is 9. The zero-order valence-corrected chi connectivity index (χ0v) is 16.3. The van der Waals surface area contributed by atoms with Crippen LogP contribution in [0.15, 0.2) is 34.0 Å². The molecule has 0 bridgehead atoms. The van der Waals surface area contributed by atoms with Crippen molar-refractivity contribution >= 4 is 39.6 Å². The van der Waals surface area contributed by atoms with E-state index in [0.717, 1.165) is 43.8 Å². The summed E-state index contributed by atoms with van der Waals surface area (Å²) in [5.41, 5.74) is 2.11. The number of nitrogens with zero attached hydrogens (tertiary/aromatic N) is 3. The van der Waals surface area contributed by atoms with Crippen molar-refractivity contribution in [2.75, 3.05) is 32.7 Å². The smallest absolute Gasteiger partial charge is 0.206 e. The molecule has 0 saturated heterocycles. The molecule has 0 aliphatic carbocycles. The summed E-state index contributed by atoms with van der Waals surface area (Å²) >= 11 is 4.82. The van der Waals surface area contributed by atoms with Gasteiger partial charge in [0.05, 0.1) is 19.4 Å². The normalized spacial score (nSPS) is 10.8. The second kappa shape index (κ2) is 9.14. The van der Waals surface area contributed by atoms with Crippen LogP contribution in [-0.4, -0.2) is 42.6 Å². The zero-order chi connectivity index (χ0) is 17.5. The van der Waals surface area contributed by atoms with Crippen molar-refractivity contribution in [1.29, 1.82) is 0 Å². The Morgan fingerprint density at radius 3 is 3.00 bits per heavy atom. The average Bonchev–Trinajstić information content (AvgIpc) is 3.30. The Morgan fingerprint density at radius 1 is 1.24 bits per heavy atom. The van der Waals surface area contributed by atoms with Crippen molar-refractivity contribution in [3.8, 4) is 16.3 Å². The Hall–Kier alpha value is -1.68. The van der Waals surface area contributed by atoms with E-state index in [9.17, 15) is 0 Å². The molecular formula is C16H18N4O2S3. The summed E-state index contributed by atoms with van der Waals surface area (Å²) < 4.78 is 11.2. The summed E-state index contributed by atoms with van der Waals surface area (Å²) in [5.74, 6) is 1.61. The first kappa shape index (κ1) is 18.1. The van der Waals surface area contributed by atoms with Crippen LogP contribution in [0.4, 0.5) is 5.13 Å². The molecule has 0 spiro atoms. The fourth-order valence-corrected chi connectivity index (χ4v) is 4.59. The first-order valence-electron chi connectivity index (χ1n) is 7.56. The Morgan fingerprint density at radius 2 is 2.16 bits per heavy atom. The van der Waals surface area contributed by atoms with Gasteiger partial charge in [0.15, 0.2) is 4.34 Å². The number of thiazole rings is 1. The summed E-state index contributed by atoms with van der Waals surface area (Å²) in [6.45, 7) is 1.37. The molecule has 25 heavy (non-hydrogen) atoms. The number of aromatic nitrogens is 3. The van der Waals surface area contributed by atoms with Gasteiger partial charge in [-0.05, 0) is 12.1 Å². The van der Waals surface area contributed by atoms with Crippen LogP contribution in [0.1, 0.15) is 5.69 Å². The van der Waals surface area contributed by atoms with E-state index in [0.29, 0.717) is 6.61 Å². The molecule has 132 valence electrons. The van der Waals surface area contributed by atoms with Crippen molar-refractivity contribution in [2.45, 2.75) is 10.1 Å². The van der Waals surface area contributed by atoms with Crippen LogP contribution in [0.25, 0.3) is 10.6 Å². The van der Waals surface area contributed by atoms with Crippen molar-refractivity contribution in [1.82, 2.24) is 15.2 Å². The van der Waals surface area contributed by atoms with Crippen molar-refractivity contribution in [2.24, 2.45) is 0 Å². The van der Waals surface area contributed by atoms with Gasteiger partial charge in [0.2, 0.25) is 5.13 Å². The van der Waals surface area contributed by atoms with E-state index in [1.165, 1.54) is 0 Å². The van der Waals surface area contributed by atoms with Gasteiger partial charge in [-0.25, -0.2) is 4.98 Å². The molecule has 0 radical (unpaired) electrons. The van der Waals surface area contributed by atoms with Gasteiger partial charge in [-0.1, -0.05) is 35.2 Å². The Labute approximate surface area is 158 Å². The van der Waals surface area contributed by atoms with Gasteiger partial charge in [0, 0.05) is 30.4 Å². The number of methoxy groups -OCH3 is 2. The maximum Gasteiger partial charge on any atom is 0.206 e. The second-order valence-electron chi connectivity index (χ2n) is 4.96. The summed E-state index contributed by atoms with van der Waals surface area (Å²) in [7, 11) is 3.35. The second-order valence-corrected chi connectivity index (χ2v) is 8.02. The number of hydrogen-bond donors (Lipinski definition) is 1. The monoisotopic (exact) mass is 394 g/mol. The molecule has 9 heteroatoms. The molecule has 2 aromatic heterocycles. The zero-order valence-electron chi connectivity index (χ0n) is 13.9. The molecular weight excluding hydrogens is 376 g/mol. The molecule has 0 aliphatic heterocycles. The van der Waals surface area contributed by atoms with Crippen LogP contribution in [0.3, 0.4) is 0 Å². The maximum absolute atomic E-state index is 5.27. The maximum atomic E-state index is 5.27. The number of anilines is 1. The first-order chi connectivity index (χ1) is 12.3. The van der Waals surface area contributed by atoms with E-state index in [2.05, 4.69) is 20.9 Å². The van der Waals surface area contributed by atoms with E-state index >= 15 is 0 Å². The molecule has 0 amide bonds. The molecule has 0 atom stereocenters. The first-order valence-corrected chi connectivity index (χ1v) is 10.2. The molecule has 0 unspecified atom stereocenters. The van der Waals surface area contributed by atoms with Crippen molar-refractivity contribution in [3.63, 3.8) is 0 Å². The lowest BCUT2D eigenvalue weighted by atomic mass is 10.2. The minimum absolute atomic E-state index is 0.647. The number of thioether (sulfide) groups is 1. The minimum atomic E-state index is 0.647. The summed E-state index contributed by atoms with van der Waals surface area (Å²) in [6.07, 6.45) is 0. The lowest BCUT2D eigenvalue weighted by Gasteiger charge is -2.01. The van der Waals surface area contributed by atoms with Crippen molar-refractivity contribution < 1.29 is 9.47 Å². The van der Waals surface area contributed by atoms with Crippen LogP contribution in [0.2, 0.25) is 0 Å². The third-order valence-electron chi connectivity index (χ3n) is 3.20. The van der Waals surface area contributed by atoms with Gasteiger partial charge in [-0.3, -0.25) is 0 Å². The molecule has 1 aromatic carbocycles. The summed E-state index contributed by atoms with van der Waals surface area (Å²) in [4.78, 5) is 4.70. The highest BCUT2D eigenvalue weighted by Crippen LogP contribution is 2.31. The molecule has 3 rings (SSSR count). The number of nitrogens with one attached hydrogen (secondary N) is 1. The van der Waals surface area contributed by atoms with E-state index < -0.39 is 0 Å². The third-order valence-corrected chi connectivity index (χ3v) is 6.19. The van der Waals surface area contributed by atoms with Gasteiger partial charge < -0.3 is 14.8 Å². The fourth-order valence-electron chi connectivity index (χ4n) is 2.00. The number of ether oxygens (including phenoxy) is 2. The van der Waals surface area contributed by atoms with E-state index in [-0.39, 0.29) is 0 Å². The Bertz CT molecular complexity index is 806. The summed E-state index contributed by atoms with van der Waals surface area (Å²) in [6, 6.07) is 7.95. The SMILES string of the molecule is COCCNc1nnc(SCc2csc(-c3cccc(OC)c3)n2)s1. The minimum Gasteiger partial charge on any atom is -0.497 e. The van der Waals surface area contributed by atoms with Crippen LogP contribution in [0.5, 0.6) is 5.75 Å². The average molecular weight is 395 g/mol. The van der Waals surface area contributed by atoms with E-state index in [1.807, 2.05) is 24.3 Å². The standard InChI is InChI=1S/C16H18N4O2S3/c1-21-7-6-17-15-19-20-16(25-15)24-10-12-9-23-14(18-12)11-4-3-5-13(8-11)22-2/h3-5,8-9H,6-7,10H2,1-2H3,(H,17,19). The predicted octanol–water partition coefficient (Wildman–Crippen LogP) is 4.02. The number of hydrogen-bond acceptors (Lipinski definition) is 9. The lowest BCUT2D eigenvalue weighted by molar-refractivity contribution is 0.211. The molecule has 2 heterocycles. The topological polar surface area (TPSA) is 69.2 Å². The van der Waals surface area contributed by atoms with Gasteiger partial charge in [0.1, 0.15) is 10.8 Å². The van der Waals surface area contributed by atoms with Crippen LogP contribution < -0.4 is 10.1 Å².